The average Bonchev–Trinajstić information content (AvgIpc) is 3.34. The quantitative estimate of drug-likeness (QED) is 0.112. The van der Waals surface area contributed by atoms with Crippen molar-refractivity contribution in [1.29, 1.82) is 0 Å². The Kier molecular flexibility index (Phi) is 11.2. The lowest BCUT2D eigenvalue weighted by Crippen LogP contribution is -2.40. The largest absolute Gasteiger partial charge is 0.361 e. The van der Waals surface area contributed by atoms with Crippen LogP contribution in [0.15, 0.2) is 38.8 Å². The Labute approximate surface area is 255 Å². The Morgan fingerprint density at radius 1 is 0.953 bits per heavy atom. The summed E-state index contributed by atoms with van der Waals surface area (Å²) in [5.41, 5.74) is 1.24. The van der Waals surface area contributed by atoms with E-state index >= 15 is 0 Å². The highest BCUT2D eigenvalue weighted by Gasteiger charge is 2.27. The summed E-state index contributed by atoms with van der Waals surface area (Å²) in [6.07, 6.45) is 9.23. The molecule has 2 heterocycles. The monoisotopic (exact) mass is 634 g/mol. The van der Waals surface area contributed by atoms with Crippen molar-refractivity contribution in [2.75, 3.05) is 6.61 Å². The number of rotatable bonds is 15. The summed E-state index contributed by atoms with van der Waals surface area (Å²) in [7, 11) is -5.98. The third-order valence-corrected chi connectivity index (χ3v) is 10.9. The first-order chi connectivity index (χ1) is 20.4. The van der Waals surface area contributed by atoms with Crippen LogP contribution in [-0.4, -0.2) is 41.8 Å². The predicted octanol–water partition coefficient (Wildman–Crippen LogP) is 6.20. The van der Waals surface area contributed by atoms with Gasteiger partial charge in [0.15, 0.2) is 11.2 Å². The van der Waals surface area contributed by atoms with Crippen LogP contribution < -0.4 is 11.2 Å². The molecule has 0 unspecified atom stereocenters. The second kappa shape index (κ2) is 14.5. The fraction of sp³-hybridized carbons (Fsp3) is 0.645. The van der Waals surface area contributed by atoms with Crippen molar-refractivity contribution >= 4 is 29.5 Å². The Bertz CT molecular complexity index is 1600. The van der Waals surface area contributed by atoms with Crippen LogP contribution in [0, 0.1) is 0 Å². The summed E-state index contributed by atoms with van der Waals surface area (Å²) in [4.78, 5) is 32.1. The molecule has 0 amide bonds. The van der Waals surface area contributed by atoms with E-state index in [1.165, 1.54) is 23.1 Å². The summed E-state index contributed by atoms with van der Waals surface area (Å²) in [5, 5.41) is 0. The van der Waals surface area contributed by atoms with Crippen molar-refractivity contribution in [2.45, 2.75) is 127 Å². The molecule has 1 aliphatic carbocycles. The van der Waals surface area contributed by atoms with E-state index in [9.17, 15) is 21.9 Å². The Hall–Kier alpha value is -2.57. The van der Waals surface area contributed by atoms with Crippen LogP contribution in [0.25, 0.3) is 11.2 Å². The highest BCUT2D eigenvalue weighted by molar-refractivity contribution is 7.86. The van der Waals surface area contributed by atoms with Gasteiger partial charge in [-0.15, -0.1) is 3.89 Å². The molecule has 0 saturated heterocycles. The number of halogens is 1. The molecule has 0 atom stereocenters. The van der Waals surface area contributed by atoms with Crippen molar-refractivity contribution in [3.05, 3.63) is 56.5 Å². The fourth-order valence-corrected chi connectivity index (χ4v) is 7.08. The molecule has 12 heteroatoms. The lowest BCUT2D eigenvalue weighted by molar-refractivity contribution is 0.0863. The molecule has 0 radical (unpaired) electrons. The average molecular weight is 635 g/mol. The lowest BCUT2D eigenvalue weighted by Gasteiger charge is -2.22. The highest BCUT2D eigenvalue weighted by Crippen LogP contribution is 2.33. The molecule has 0 bridgehead atoms. The van der Waals surface area contributed by atoms with Gasteiger partial charge in [0.25, 0.3) is 5.56 Å². The number of hydrogen-bond acceptors (Lipinski definition) is 6. The van der Waals surface area contributed by atoms with Gasteiger partial charge in [0.1, 0.15) is 12.6 Å². The summed E-state index contributed by atoms with van der Waals surface area (Å²) in [6, 6.07) is 6.86. The molecule has 9 nitrogen and oxygen atoms in total. The van der Waals surface area contributed by atoms with Gasteiger partial charge >= 0.3 is 15.9 Å². The Balaban J connectivity index is 1.59. The van der Waals surface area contributed by atoms with Gasteiger partial charge in [0.2, 0.25) is 0 Å². The zero-order chi connectivity index (χ0) is 31.2. The molecule has 4 rings (SSSR count). The SMILES string of the molecule is CCCn1c(=O)c2c(nc(C3CCCCC3)n2COCC[Si](C)(C)C)n(CCCCCc2ccc(S(=O)(=O)F)cc2)c1=O. The normalized spacial score (nSPS) is 15.0. The van der Waals surface area contributed by atoms with Crippen molar-refractivity contribution in [3.8, 4) is 0 Å². The molecule has 1 fully saturated rings. The third-order valence-electron chi connectivity index (χ3n) is 8.33. The van der Waals surface area contributed by atoms with E-state index in [0.717, 1.165) is 56.0 Å². The Morgan fingerprint density at radius 3 is 2.28 bits per heavy atom. The second-order valence-corrected chi connectivity index (χ2v) is 20.0. The third kappa shape index (κ3) is 8.54. The number of nitrogens with zero attached hydrogens (tertiary/aromatic N) is 4. The zero-order valence-electron chi connectivity index (χ0n) is 26.1. The van der Waals surface area contributed by atoms with Crippen LogP contribution >= 0.6 is 0 Å². The summed E-state index contributed by atoms with van der Waals surface area (Å²) in [6.45, 7) is 10.6. The van der Waals surface area contributed by atoms with E-state index in [1.807, 2.05) is 11.5 Å². The zero-order valence-corrected chi connectivity index (χ0v) is 27.9. The summed E-state index contributed by atoms with van der Waals surface area (Å²) < 4.78 is 46.5. The van der Waals surface area contributed by atoms with Crippen molar-refractivity contribution in [3.63, 3.8) is 0 Å². The van der Waals surface area contributed by atoms with Gasteiger partial charge in [-0.25, -0.2) is 9.78 Å². The smallest absolute Gasteiger partial charge is 0.332 e. The summed E-state index contributed by atoms with van der Waals surface area (Å²) >= 11 is 0. The van der Waals surface area contributed by atoms with Crippen LogP contribution in [0.3, 0.4) is 0 Å². The number of fused-ring (bicyclic) bond motifs is 1. The van der Waals surface area contributed by atoms with Gasteiger partial charge in [0, 0.05) is 33.7 Å². The topological polar surface area (TPSA) is 105 Å². The van der Waals surface area contributed by atoms with E-state index in [0.29, 0.717) is 50.1 Å². The minimum Gasteiger partial charge on any atom is -0.361 e. The number of aromatic nitrogens is 4. The standard InChI is InChI=1S/C31H47FN4O5SSi/c1-5-19-35-30(37)27-29(33-28(25-13-9-6-10-14-25)36(27)23-41-21-22-43(2,3)4)34(31(35)38)20-11-7-8-12-24-15-17-26(18-16-24)42(32,39)40/h15-18,25H,5-14,19-23H2,1-4H3. The number of aryl methyl sites for hydroxylation is 2. The number of hydrogen-bond donors (Lipinski definition) is 0. The van der Waals surface area contributed by atoms with Crippen LogP contribution in [0.2, 0.25) is 25.7 Å². The van der Waals surface area contributed by atoms with Crippen LogP contribution in [0.1, 0.15) is 82.0 Å². The number of imidazole rings is 1. The van der Waals surface area contributed by atoms with Crippen LogP contribution in [0.5, 0.6) is 0 Å². The summed E-state index contributed by atoms with van der Waals surface area (Å²) in [5.74, 6) is 1.10. The minimum atomic E-state index is -4.70. The molecule has 1 aliphatic rings. The second-order valence-electron chi connectivity index (χ2n) is 13.0. The van der Waals surface area contributed by atoms with E-state index in [2.05, 4.69) is 19.6 Å². The van der Waals surface area contributed by atoms with E-state index < -0.39 is 18.3 Å². The maximum absolute atomic E-state index is 13.8. The van der Waals surface area contributed by atoms with Crippen LogP contribution in [0.4, 0.5) is 3.89 Å². The van der Waals surface area contributed by atoms with Gasteiger partial charge in [0.05, 0.1) is 4.90 Å². The molecule has 1 aromatic carbocycles. The first-order valence-electron chi connectivity index (χ1n) is 15.8. The van der Waals surface area contributed by atoms with E-state index in [4.69, 9.17) is 9.72 Å². The molecule has 0 spiro atoms. The number of ether oxygens (including phenoxy) is 1. The molecule has 1 saturated carbocycles. The van der Waals surface area contributed by atoms with Crippen molar-refractivity contribution in [1.82, 2.24) is 18.7 Å². The van der Waals surface area contributed by atoms with Crippen molar-refractivity contribution in [2.24, 2.45) is 0 Å². The molecule has 3 aromatic rings. The number of benzene rings is 1. The molecule has 2 aromatic heterocycles. The van der Waals surface area contributed by atoms with Gasteiger partial charge < -0.3 is 4.74 Å². The number of unbranched alkanes of at least 4 members (excludes halogenated alkanes) is 2. The highest BCUT2D eigenvalue weighted by atomic mass is 32.3. The van der Waals surface area contributed by atoms with Gasteiger partial charge in [-0.3, -0.25) is 18.5 Å². The van der Waals surface area contributed by atoms with Crippen LogP contribution in [-0.2, 0) is 41.2 Å². The van der Waals surface area contributed by atoms with Crippen molar-refractivity contribution < 1.29 is 17.0 Å². The molecule has 238 valence electrons. The molecule has 0 aliphatic heterocycles. The van der Waals surface area contributed by atoms with E-state index in [1.54, 1.807) is 16.7 Å². The predicted molar refractivity (Wildman–Crippen MR) is 171 cm³/mol. The molecular weight excluding hydrogens is 588 g/mol. The molecule has 43 heavy (non-hydrogen) atoms. The maximum atomic E-state index is 13.8. The molecule has 0 N–H and O–H groups in total. The minimum absolute atomic E-state index is 0.239. The lowest BCUT2D eigenvalue weighted by atomic mass is 9.89. The Morgan fingerprint density at radius 2 is 1.65 bits per heavy atom. The first kappa shape index (κ1) is 33.3. The van der Waals surface area contributed by atoms with Gasteiger partial charge in [-0.05, 0) is 62.3 Å². The van der Waals surface area contributed by atoms with Gasteiger partial charge in [-0.1, -0.05) is 64.4 Å². The van der Waals surface area contributed by atoms with Gasteiger partial charge in [-0.2, -0.15) is 8.42 Å². The fourth-order valence-electron chi connectivity index (χ4n) is 5.86. The molecular formula is C31H47FN4O5SSi. The maximum Gasteiger partial charge on any atom is 0.332 e. The van der Waals surface area contributed by atoms with E-state index in [-0.39, 0.29) is 28.8 Å². The first-order valence-corrected chi connectivity index (χ1v) is 20.8.